The third-order valence-corrected chi connectivity index (χ3v) is 3.32. The molecule has 0 aliphatic carbocycles. The summed E-state index contributed by atoms with van der Waals surface area (Å²) in [6.07, 6.45) is 2.28. The van der Waals surface area contributed by atoms with Crippen LogP contribution in [-0.4, -0.2) is 13.6 Å². The van der Waals surface area contributed by atoms with Gasteiger partial charge in [-0.15, -0.1) is 0 Å². The Bertz CT molecular complexity index is 307. The van der Waals surface area contributed by atoms with Crippen LogP contribution < -0.4 is 5.32 Å². The summed E-state index contributed by atoms with van der Waals surface area (Å²) < 4.78 is 13.2. The molecule has 0 heterocycles. The fourth-order valence-corrected chi connectivity index (χ4v) is 2.37. The van der Waals surface area contributed by atoms with Crippen molar-refractivity contribution in [2.45, 2.75) is 32.6 Å². The highest BCUT2D eigenvalue weighted by Crippen LogP contribution is 2.29. The second-order valence-electron chi connectivity index (χ2n) is 4.30. The number of likely N-dealkylation sites (N-methyl/N-ethyl adjacent to an activating group) is 1. The van der Waals surface area contributed by atoms with E-state index in [0.29, 0.717) is 11.8 Å². The van der Waals surface area contributed by atoms with Crippen LogP contribution in [0.15, 0.2) is 24.3 Å². The Labute approximate surface area is 98.1 Å². The minimum Gasteiger partial charge on any atom is -0.319 e. The molecule has 0 radical (unpaired) electrons. The molecule has 1 aromatic carbocycles. The van der Waals surface area contributed by atoms with Crippen molar-refractivity contribution < 1.29 is 4.39 Å². The van der Waals surface area contributed by atoms with Crippen molar-refractivity contribution in [2.75, 3.05) is 13.6 Å². The number of benzene rings is 1. The van der Waals surface area contributed by atoms with Crippen LogP contribution in [0, 0.1) is 11.7 Å². The van der Waals surface area contributed by atoms with Gasteiger partial charge in [-0.1, -0.05) is 38.8 Å². The number of rotatable bonds is 6. The van der Waals surface area contributed by atoms with Gasteiger partial charge in [-0.2, -0.15) is 0 Å². The number of halogens is 1. The van der Waals surface area contributed by atoms with E-state index >= 15 is 0 Å². The van der Waals surface area contributed by atoms with E-state index in [9.17, 15) is 4.39 Å². The van der Waals surface area contributed by atoms with Gasteiger partial charge >= 0.3 is 0 Å². The van der Waals surface area contributed by atoms with Crippen LogP contribution >= 0.6 is 0 Å². The molecule has 0 saturated heterocycles. The minimum atomic E-state index is -0.135. The number of hydrogen-bond acceptors (Lipinski definition) is 1. The first-order valence-corrected chi connectivity index (χ1v) is 6.12. The maximum absolute atomic E-state index is 13.2. The van der Waals surface area contributed by atoms with E-state index in [1.807, 2.05) is 13.1 Å². The molecule has 1 atom stereocenters. The molecule has 1 nitrogen and oxygen atoms in total. The summed E-state index contributed by atoms with van der Waals surface area (Å²) in [4.78, 5) is 0. The van der Waals surface area contributed by atoms with Crippen molar-refractivity contribution >= 4 is 0 Å². The SMILES string of the molecule is CCC(CC)C(CNC)c1cccc(F)c1. The van der Waals surface area contributed by atoms with E-state index in [1.54, 1.807) is 12.1 Å². The summed E-state index contributed by atoms with van der Waals surface area (Å²) >= 11 is 0. The van der Waals surface area contributed by atoms with Gasteiger partial charge in [0.15, 0.2) is 0 Å². The summed E-state index contributed by atoms with van der Waals surface area (Å²) in [7, 11) is 1.95. The molecule has 16 heavy (non-hydrogen) atoms. The van der Waals surface area contributed by atoms with Crippen molar-refractivity contribution in [3.63, 3.8) is 0 Å². The third kappa shape index (κ3) is 3.31. The van der Waals surface area contributed by atoms with E-state index in [2.05, 4.69) is 19.2 Å². The Hall–Kier alpha value is -0.890. The van der Waals surface area contributed by atoms with Crippen molar-refractivity contribution in [3.8, 4) is 0 Å². The lowest BCUT2D eigenvalue weighted by atomic mass is 9.82. The fourth-order valence-electron chi connectivity index (χ4n) is 2.37. The summed E-state index contributed by atoms with van der Waals surface area (Å²) in [5.41, 5.74) is 1.11. The zero-order valence-corrected chi connectivity index (χ0v) is 10.5. The Balaban J connectivity index is 2.91. The van der Waals surface area contributed by atoms with Gasteiger partial charge in [-0.25, -0.2) is 4.39 Å². The van der Waals surface area contributed by atoms with Gasteiger partial charge in [-0.3, -0.25) is 0 Å². The summed E-state index contributed by atoms with van der Waals surface area (Å²) in [5.74, 6) is 0.898. The fraction of sp³-hybridized carbons (Fsp3) is 0.571. The summed E-state index contributed by atoms with van der Waals surface area (Å²) in [5, 5.41) is 3.21. The minimum absolute atomic E-state index is 0.135. The summed E-state index contributed by atoms with van der Waals surface area (Å²) in [6, 6.07) is 7.01. The maximum atomic E-state index is 13.2. The van der Waals surface area contributed by atoms with Crippen molar-refractivity contribution in [1.29, 1.82) is 0 Å². The number of nitrogens with one attached hydrogen (secondary N) is 1. The van der Waals surface area contributed by atoms with Gasteiger partial charge in [0.25, 0.3) is 0 Å². The normalized spacial score (nSPS) is 13.1. The van der Waals surface area contributed by atoms with E-state index in [-0.39, 0.29) is 5.82 Å². The first-order chi connectivity index (χ1) is 7.72. The van der Waals surface area contributed by atoms with Gasteiger partial charge in [0.05, 0.1) is 0 Å². The predicted octanol–water partition coefficient (Wildman–Crippen LogP) is 3.56. The summed E-state index contributed by atoms with van der Waals surface area (Å²) in [6.45, 7) is 5.32. The van der Waals surface area contributed by atoms with Gasteiger partial charge in [0, 0.05) is 6.54 Å². The highest BCUT2D eigenvalue weighted by atomic mass is 19.1. The van der Waals surface area contributed by atoms with Crippen molar-refractivity contribution in [2.24, 2.45) is 5.92 Å². The molecule has 1 unspecified atom stereocenters. The first kappa shape index (κ1) is 13.2. The van der Waals surface area contributed by atoms with Gasteiger partial charge in [0.2, 0.25) is 0 Å². The molecule has 1 aromatic rings. The molecule has 1 rings (SSSR count). The van der Waals surface area contributed by atoms with Crippen molar-refractivity contribution in [1.82, 2.24) is 5.32 Å². The molecule has 0 fully saturated rings. The number of hydrogen-bond donors (Lipinski definition) is 1. The average Bonchev–Trinajstić information content (AvgIpc) is 2.29. The molecule has 0 spiro atoms. The van der Waals surface area contributed by atoms with Crippen molar-refractivity contribution in [3.05, 3.63) is 35.6 Å². The van der Waals surface area contributed by atoms with Crippen LogP contribution in [0.2, 0.25) is 0 Å². The highest BCUT2D eigenvalue weighted by Gasteiger charge is 2.19. The predicted molar refractivity (Wildman–Crippen MR) is 67.1 cm³/mol. The smallest absolute Gasteiger partial charge is 0.123 e. The quantitative estimate of drug-likeness (QED) is 0.777. The standard InChI is InChI=1S/C14H22FN/c1-4-11(5-2)14(10-16-3)12-7-6-8-13(15)9-12/h6-9,11,14,16H,4-5,10H2,1-3H3. The van der Waals surface area contributed by atoms with E-state index in [0.717, 1.165) is 24.9 Å². The van der Waals surface area contributed by atoms with E-state index < -0.39 is 0 Å². The molecule has 0 bridgehead atoms. The zero-order chi connectivity index (χ0) is 12.0. The Morgan fingerprint density at radius 3 is 2.44 bits per heavy atom. The molecular formula is C14H22FN. The van der Waals surface area contributed by atoms with Crippen LogP contribution in [0.3, 0.4) is 0 Å². The molecular weight excluding hydrogens is 201 g/mol. The molecule has 90 valence electrons. The zero-order valence-electron chi connectivity index (χ0n) is 10.5. The second kappa shape index (κ2) is 6.64. The molecule has 2 heteroatoms. The second-order valence-corrected chi connectivity index (χ2v) is 4.30. The molecule has 0 saturated carbocycles. The lowest BCUT2D eigenvalue weighted by Crippen LogP contribution is -2.23. The highest BCUT2D eigenvalue weighted by molar-refractivity contribution is 5.22. The molecule has 1 N–H and O–H groups in total. The Morgan fingerprint density at radius 1 is 1.25 bits per heavy atom. The monoisotopic (exact) mass is 223 g/mol. The average molecular weight is 223 g/mol. The first-order valence-electron chi connectivity index (χ1n) is 6.12. The van der Waals surface area contributed by atoms with Gasteiger partial charge in [-0.05, 0) is 36.6 Å². The third-order valence-electron chi connectivity index (χ3n) is 3.32. The lowest BCUT2D eigenvalue weighted by Gasteiger charge is -2.25. The Kier molecular flexibility index (Phi) is 5.47. The van der Waals surface area contributed by atoms with Gasteiger partial charge in [0.1, 0.15) is 5.82 Å². The molecule has 0 aliphatic heterocycles. The topological polar surface area (TPSA) is 12.0 Å². The van der Waals surface area contributed by atoms with Crippen LogP contribution in [0.25, 0.3) is 0 Å². The van der Waals surface area contributed by atoms with E-state index in [1.165, 1.54) is 6.07 Å². The Morgan fingerprint density at radius 2 is 1.94 bits per heavy atom. The van der Waals surface area contributed by atoms with Crippen LogP contribution in [0.4, 0.5) is 4.39 Å². The maximum Gasteiger partial charge on any atom is 0.123 e. The van der Waals surface area contributed by atoms with Crippen LogP contribution in [0.5, 0.6) is 0 Å². The molecule has 0 aliphatic rings. The van der Waals surface area contributed by atoms with Crippen LogP contribution in [0.1, 0.15) is 38.2 Å². The lowest BCUT2D eigenvalue weighted by molar-refractivity contribution is 0.386. The van der Waals surface area contributed by atoms with E-state index in [4.69, 9.17) is 0 Å². The molecule has 0 amide bonds. The largest absolute Gasteiger partial charge is 0.319 e. The van der Waals surface area contributed by atoms with Gasteiger partial charge < -0.3 is 5.32 Å². The molecule has 0 aromatic heterocycles. The van der Waals surface area contributed by atoms with Crippen LogP contribution in [-0.2, 0) is 0 Å².